The van der Waals surface area contributed by atoms with E-state index in [9.17, 15) is 4.79 Å². The number of nitrogens with one attached hydrogen (secondary N) is 1. The molecule has 1 heterocycles. The maximum absolute atomic E-state index is 12.5. The van der Waals surface area contributed by atoms with Gasteiger partial charge in [-0.25, -0.2) is 0 Å². The summed E-state index contributed by atoms with van der Waals surface area (Å²) < 4.78 is 5.40. The zero-order valence-corrected chi connectivity index (χ0v) is 15.0. The number of ether oxygens (including phenoxy) is 1. The minimum Gasteiger partial charge on any atom is -0.378 e. The van der Waals surface area contributed by atoms with Gasteiger partial charge >= 0.3 is 0 Å². The Kier molecular flexibility index (Phi) is 5.39. The molecule has 0 unspecified atom stereocenters. The second kappa shape index (κ2) is 7.70. The lowest BCUT2D eigenvalue weighted by molar-refractivity contribution is -0.117. The number of anilines is 2. The van der Waals surface area contributed by atoms with Crippen molar-refractivity contribution in [1.82, 2.24) is 0 Å². The summed E-state index contributed by atoms with van der Waals surface area (Å²) in [6.45, 7) is 7.48. The van der Waals surface area contributed by atoms with Crippen molar-refractivity contribution in [1.29, 1.82) is 0 Å². The summed E-state index contributed by atoms with van der Waals surface area (Å²) in [5.74, 6) is 0.0352. The highest BCUT2D eigenvalue weighted by Crippen LogP contribution is 2.28. The molecule has 1 aliphatic rings. The summed E-state index contributed by atoms with van der Waals surface area (Å²) >= 11 is 0. The number of rotatable bonds is 5. The molecule has 4 nitrogen and oxygen atoms in total. The van der Waals surface area contributed by atoms with Gasteiger partial charge in [0.2, 0.25) is 5.91 Å². The fourth-order valence-electron chi connectivity index (χ4n) is 3.20. The van der Waals surface area contributed by atoms with Gasteiger partial charge in [0.1, 0.15) is 0 Å². The zero-order chi connectivity index (χ0) is 17.7. The molecular weight excluding hydrogens is 312 g/mol. The third-order valence-corrected chi connectivity index (χ3v) is 4.66. The molecule has 3 rings (SSSR count). The van der Waals surface area contributed by atoms with Crippen LogP contribution in [0.1, 0.15) is 25.8 Å². The molecule has 1 N–H and O–H groups in total. The molecule has 132 valence electrons. The van der Waals surface area contributed by atoms with Crippen molar-refractivity contribution in [3.63, 3.8) is 0 Å². The number of hydrogen-bond acceptors (Lipinski definition) is 3. The molecule has 0 radical (unpaired) electrons. The summed E-state index contributed by atoms with van der Waals surface area (Å²) in [6.07, 6.45) is 0.443. The fourth-order valence-corrected chi connectivity index (χ4v) is 3.20. The molecule has 0 spiro atoms. The number of morpholine rings is 1. The minimum atomic E-state index is -0.201. The standard InChI is InChI=1S/C21H26N2O2/c1-21(2,17-7-4-3-5-8-17)16-20(24)22-18-9-6-10-19(15-18)23-11-13-25-14-12-23/h3-10,15H,11-14,16H2,1-2H3,(H,22,24). The van der Waals surface area contributed by atoms with E-state index in [4.69, 9.17) is 4.74 Å². The van der Waals surface area contributed by atoms with E-state index in [1.807, 2.05) is 36.4 Å². The first-order valence-electron chi connectivity index (χ1n) is 8.83. The van der Waals surface area contributed by atoms with Gasteiger partial charge in [0, 0.05) is 30.9 Å². The Hall–Kier alpha value is -2.33. The molecule has 2 aromatic carbocycles. The first-order chi connectivity index (χ1) is 12.0. The molecule has 0 atom stereocenters. The number of hydrogen-bond donors (Lipinski definition) is 1. The Balaban J connectivity index is 1.65. The predicted octanol–water partition coefficient (Wildman–Crippen LogP) is 3.83. The molecule has 1 aliphatic heterocycles. The normalized spacial score (nSPS) is 15.0. The second-order valence-corrected chi connectivity index (χ2v) is 7.12. The zero-order valence-electron chi connectivity index (χ0n) is 15.0. The summed E-state index contributed by atoms with van der Waals surface area (Å²) in [7, 11) is 0. The number of amides is 1. The van der Waals surface area contributed by atoms with Crippen molar-refractivity contribution in [3.05, 3.63) is 60.2 Å². The highest BCUT2D eigenvalue weighted by Gasteiger charge is 2.24. The third-order valence-electron chi connectivity index (χ3n) is 4.66. The van der Waals surface area contributed by atoms with Crippen molar-refractivity contribution >= 4 is 17.3 Å². The van der Waals surface area contributed by atoms with E-state index in [0.717, 1.165) is 37.7 Å². The SMILES string of the molecule is CC(C)(CC(=O)Nc1cccc(N2CCOCC2)c1)c1ccccc1. The molecule has 25 heavy (non-hydrogen) atoms. The van der Waals surface area contributed by atoms with E-state index in [0.29, 0.717) is 6.42 Å². The van der Waals surface area contributed by atoms with Gasteiger partial charge in [-0.3, -0.25) is 4.79 Å². The maximum atomic E-state index is 12.5. The lowest BCUT2D eigenvalue weighted by Crippen LogP contribution is -2.36. The van der Waals surface area contributed by atoms with Crippen LogP contribution in [0.4, 0.5) is 11.4 Å². The van der Waals surface area contributed by atoms with Gasteiger partial charge in [0.25, 0.3) is 0 Å². The maximum Gasteiger partial charge on any atom is 0.225 e. The molecule has 0 aliphatic carbocycles. The lowest BCUT2D eigenvalue weighted by Gasteiger charge is -2.29. The van der Waals surface area contributed by atoms with Gasteiger partial charge in [0.15, 0.2) is 0 Å². The summed E-state index contributed by atoms with van der Waals surface area (Å²) in [5.41, 5.74) is 2.95. The molecule has 1 amide bonds. The Labute approximate surface area is 149 Å². The number of nitrogens with zero attached hydrogens (tertiary/aromatic N) is 1. The topological polar surface area (TPSA) is 41.6 Å². The van der Waals surface area contributed by atoms with Gasteiger partial charge in [-0.05, 0) is 29.2 Å². The molecule has 0 saturated carbocycles. The highest BCUT2D eigenvalue weighted by molar-refractivity contribution is 5.92. The molecule has 1 saturated heterocycles. The molecule has 0 aromatic heterocycles. The first kappa shape index (κ1) is 17.5. The van der Waals surface area contributed by atoms with Gasteiger partial charge in [-0.15, -0.1) is 0 Å². The second-order valence-electron chi connectivity index (χ2n) is 7.12. The van der Waals surface area contributed by atoms with Crippen LogP contribution in [-0.2, 0) is 14.9 Å². The largest absolute Gasteiger partial charge is 0.378 e. The van der Waals surface area contributed by atoms with Gasteiger partial charge in [-0.1, -0.05) is 50.2 Å². The molecule has 2 aromatic rings. The summed E-state index contributed by atoms with van der Waals surface area (Å²) in [5, 5.41) is 3.05. The van der Waals surface area contributed by atoms with Crippen LogP contribution in [0.2, 0.25) is 0 Å². The van der Waals surface area contributed by atoms with Crippen molar-refractivity contribution in [2.45, 2.75) is 25.7 Å². The van der Waals surface area contributed by atoms with Gasteiger partial charge in [0.05, 0.1) is 13.2 Å². The molecular formula is C21H26N2O2. The lowest BCUT2D eigenvalue weighted by atomic mass is 9.81. The number of benzene rings is 2. The van der Waals surface area contributed by atoms with Crippen molar-refractivity contribution in [2.75, 3.05) is 36.5 Å². The van der Waals surface area contributed by atoms with E-state index in [1.165, 1.54) is 5.56 Å². The van der Waals surface area contributed by atoms with Crippen LogP contribution >= 0.6 is 0 Å². The van der Waals surface area contributed by atoms with E-state index >= 15 is 0 Å². The highest BCUT2D eigenvalue weighted by atomic mass is 16.5. The van der Waals surface area contributed by atoms with Crippen molar-refractivity contribution in [3.8, 4) is 0 Å². The average Bonchev–Trinajstić information content (AvgIpc) is 2.63. The Morgan fingerprint density at radius 3 is 2.52 bits per heavy atom. The van der Waals surface area contributed by atoms with Crippen LogP contribution < -0.4 is 10.2 Å². The van der Waals surface area contributed by atoms with Crippen LogP contribution in [0.25, 0.3) is 0 Å². The van der Waals surface area contributed by atoms with Crippen LogP contribution in [0.5, 0.6) is 0 Å². The monoisotopic (exact) mass is 338 g/mol. The van der Waals surface area contributed by atoms with Crippen molar-refractivity contribution < 1.29 is 9.53 Å². The number of carbonyl (C=O) groups is 1. The number of carbonyl (C=O) groups excluding carboxylic acids is 1. The Morgan fingerprint density at radius 2 is 1.80 bits per heavy atom. The van der Waals surface area contributed by atoms with E-state index in [1.54, 1.807) is 0 Å². The van der Waals surface area contributed by atoms with Crippen LogP contribution in [-0.4, -0.2) is 32.2 Å². The quantitative estimate of drug-likeness (QED) is 0.901. The van der Waals surface area contributed by atoms with Gasteiger partial charge < -0.3 is 15.0 Å². The molecule has 1 fully saturated rings. The third kappa shape index (κ3) is 4.60. The summed E-state index contributed by atoms with van der Waals surface area (Å²) in [6, 6.07) is 18.2. The van der Waals surface area contributed by atoms with Gasteiger partial charge in [-0.2, -0.15) is 0 Å². The molecule has 4 heteroatoms. The predicted molar refractivity (Wildman–Crippen MR) is 102 cm³/mol. The van der Waals surface area contributed by atoms with Crippen LogP contribution in [0.3, 0.4) is 0 Å². The minimum absolute atomic E-state index is 0.0352. The fraction of sp³-hybridized carbons (Fsp3) is 0.381. The van der Waals surface area contributed by atoms with Crippen LogP contribution in [0.15, 0.2) is 54.6 Å². The first-order valence-corrected chi connectivity index (χ1v) is 8.83. The Bertz CT molecular complexity index is 707. The smallest absolute Gasteiger partial charge is 0.225 e. The van der Waals surface area contributed by atoms with Crippen LogP contribution in [0, 0.1) is 0 Å². The summed E-state index contributed by atoms with van der Waals surface area (Å²) in [4.78, 5) is 14.8. The average molecular weight is 338 g/mol. The molecule has 0 bridgehead atoms. The van der Waals surface area contributed by atoms with E-state index in [2.05, 4.69) is 42.3 Å². The van der Waals surface area contributed by atoms with Crippen molar-refractivity contribution in [2.24, 2.45) is 0 Å². The Morgan fingerprint density at radius 1 is 1.08 bits per heavy atom. The van der Waals surface area contributed by atoms with E-state index in [-0.39, 0.29) is 11.3 Å². The van der Waals surface area contributed by atoms with E-state index < -0.39 is 0 Å².